The molecule has 1 aliphatic carbocycles. The van der Waals surface area contributed by atoms with Crippen molar-refractivity contribution in [3.05, 3.63) is 22.6 Å². The number of hydrogen-bond donors (Lipinski definition) is 1. The molecule has 1 aromatic rings. The molecule has 1 N–H and O–H groups in total. The summed E-state index contributed by atoms with van der Waals surface area (Å²) in [5.74, 6) is 0.502. The van der Waals surface area contributed by atoms with Crippen LogP contribution in [-0.2, 0) is 0 Å². The van der Waals surface area contributed by atoms with E-state index in [9.17, 15) is 13.2 Å². The first-order valence-electron chi connectivity index (χ1n) is 4.94. The maximum absolute atomic E-state index is 12.7. The van der Waals surface area contributed by atoms with Crippen molar-refractivity contribution >= 4 is 15.9 Å². The Kier molecular flexibility index (Phi) is 2.82. The van der Waals surface area contributed by atoms with Crippen LogP contribution in [0.5, 0.6) is 0 Å². The first-order chi connectivity index (χ1) is 7.34. The molecule has 6 heteroatoms. The van der Waals surface area contributed by atoms with Crippen LogP contribution in [0.25, 0.3) is 0 Å². The van der Waals surface area contributed by atoms with Crippen LogP contribution >= 0.6 is 15.9 Å². The minimum atomic E-state index is -4.19. The van der Waals surface area contributed by atoms with Gasteiger partial charge in [0, 0.05) is 0 Å². The molecule has 1 heterocycles. The van der Waals surface area contributed by atoms with Crippen molar-refractivity contribution in [2.24, 2.45) is 0 Å². The number of furan rings is 1. The second kappa shape index (κ2) is 3.77. The molecule has 1 aliphatic rings. The van der Waals surface area contributed by atoms with Crippen LogP contribution in [0.4, 0.5) is 13.2 Å². The monoisotopic (exact) mass is 297 g/mol. The van der Waals surface area contributed by atoms with Gasteiger partial charge in [-0.25, -0.2) is 0 Å². The molecule has 1 aromatic heterocycles. The summed E-state index contributed by atoms with van der Waals surface area (Å²) in [4.78, 5) is 0. The molecule has 0 aliphatic heterocycles. The van der Waals surface area contributed by atoms with E-state index in [4.69, 9.17) is 4.42 Å². The average Bonchev–Trinajstić information content (AvgIpc) is 2.81. The summed E-state index contributed by atoms with van der Waals surface area (Å²) in [6.45, 7) is 1.66. The van der Waals surface area contributed by atoms with Crippen LogP contribution in [0.3, 0.4) is 0 Å². The number of halogens is 4. The Morgan fingerprint density at radius 2 is 2.06 bits per heavy atom. The van der Waals surface area contributed by atoms with Gasteiger partial charge in [-0.2, -0.15) is 13.2 Å². The number of nitrogens with one attached hydrogen (secondary N) is 1. The predicted molar refractivity (Wildman–Crippen MR) is 56.0 cm³/mol. The summed E-state index contributed by atoms with van der Waals surface area (Å²) in [5.41, 5.74) is -1.70. The SMILES string of the molecule is CC(NC1(C(F)(F)F)CC1)c1ccc(Br)o1. The van der Waals surface area contributed by atoms with E-state index in [1.165, 1.54) is 0 Å². The fourth-order valence-corrected chi connectivity index (χ4v) is 2.00. The van der Waals surface area contributed by atoms with E-state index in [0.29, 0.717) is 10.4 Å². The highest BCUT2D eigenvalue weighted by Crippen LogP contribution is 2.50. The number of alkyl halides is 3. The highest BCUT2D eigenvalue weighted by Gasteiger charge is 2.63. The first kappa shape index (κ1) is 12.0. The van der Waals surface area contributed by atoms with Crippen LogP contribution in [0.2, 0.25) is 0 Å². The number of rotatable bonds is 3. The molecule has 0 radical (unpaired) electrons. The van der Waals surface area contributed by atoms with Gasteiger partial charge in [-0.05, 0) is 47.8 Å². The Morgan fingerprint density at radius 1 is 1.44 bits per heavy atom. The second-order valence-corrected chi connectivity index (χ2v) is 4.87. The summed E-state index contributed by atoms with van der Waals surface area (Å²) < 4.78 is 43.8. The molecule has 90 valence electrons. The molecule has 1 saturated carbocycles. The van der Waals surface area contributed by atoms with Gasteiger partial charge in [-0.15, -0.1) is 0 Å². The highest BCUT2D eigenvalue weighted by atomic mass is 79.9. The maximum Gasteiger partial charge on any atom is 0.406 e. The van der Waals surface area contributed by atoms with Crippen molar-refractivity contribution in [1.29, 1.82) is 0 Å². The van der Waals surface area contributed by atoms with E-state index in [1.807, 2.05) is 0 Å². The molecule has 0 bridgehead atoms. The first-order valence-corrected chi connectivity index (χ1v) is 5.73. The molecule has 0 spiro atoms. The van der Waals surface area contributed by atoms with Gasteiger partial charge in [-0.3, -0.25) is 5.32 Å². The van der Waals surface area contributed by atoms with Crippen molar-refractivity contribution in [2.75, 3.05) is 0 Å². The van der Waals surface area contributed by atoms with Gasteiger partial charge in [0.2, 0.25) is 0 Å². The Labute approximate surface area is 99.3 Å². The minimum absolute atomic E-state index is 0.142. The predicted octanol–water partition coefficient (Wildman–Crippen LogP) is 3.79. The lowest BCUT2D eigenvalue weighted by Crippen LogP contribution is -2.45. The molecule has 2 rings (SSSR count). The zero-order valence-corrected chi connectivity index (χ0v) is 10.2. The van der Waals surface area contributed by atoms with Gasteiger partial charge in [0.25, 0.3) is 0 Å². The standard InChI is InChI=1S/C10H11BrF3NO/c1-6(7-2-3-8(11)16-7)15-9(4-5-9)10(12,13)14/h2-3,6,15H,4-5H2,1H3. The topological polar surface area (TPSA) is 25.2 Å². The lowest BCUT2D eigenvalue weighted by Gasteiger charge is -2.24. The average molecular weight is 298 g/mol. The Balaban J connectivity index is 2.06. The minimum Gasteiger partial charge on any atom is -0.453 e. The van der Waals surface area contributed by atoms with Gasteiger partial charge in [0.1, 0.15) is 11.3 Å². The normalized spacial score (nSPS) is 20.8. The lowest BCUT2D eigenvalue weighted by molar-refractivity contribution is -0.168. The molecular weight excluding hydrogens is 287 g/mol. The molecule has 16 heavy (non-hydrogen) atoms. The molecule has 1 fully saturated rings. The van der Waals surface area contributed by atoms with Crippen molar-refractivity contribution in [1.82, 2.24) is 5.32 Å². The van der Waals surface area contributed by atoms with Gasteiger partial charge in [0.05, 0.1) is 6.04 Å². The van der Waals surface area contributed by atoms with Gasteiger partial charge < -0.3 is 4.42 Å². The summed E-state index contributed by atoms with van der Waals surface area (Å²) in [7, 11) is 0. The molecule has 2 nitrogen and oxygen atoms in total. The highest BCUT2D eigenvalue weighted by molar-refractivity contribution is 9.10. The van der Waals surface area contributed by atoms with Crippen LogP contribution in [-0.4, -0.2) is 11.7 Å². The fourth-order valence-electron chi connectivity index (χ4n) is 1.68. The maximum atomic E-state index is 12.7. The molecular formula is C10H11BrF3NO. The van der Waals surface area contributed by atoms with Crippen LogP contribution in [0.1, 0.15) is 31.6 Å². The smallest absolute Gasteiger partial charge is 0.406 e. The molecule has 1 unspecified atom stereocenters. The summed E-state index contributed by atoms with van der Waals surface area (Å²) in [5, 5.41) is 2.60. The number of hydrogen-bond acceptors (Lipinski definition) is 2. The fraction of sp³-hybridized carbons (Fsp3) is 0.600. The largest absolute Gasteiger partial charge is 0.453 e. The zero-order valence-electron chi connectivity index (χ0n) is 8.57. The second-order valence-electron chi connectivity index (χ2n) is 4.09. The molecule has 1 atom stereocenters. The van der Waals surface area contributed by atoms with E-state index < -0.39 is 17.8 Å². The molecule has 0 amide bonds. The van der Waals surface area contributed by atoms with E-state index in [2.05, 4.69) is 21.2 Å². The Bertz CT molecular complexity index is 384. The van der Waals surface area contributed by atoms with Crippen LogP contribution in [0, 0.1) is 0 Å². The van der Waals surface area contributed by atoms with E-state index in [0.717, 1.165) is 0 Å². The third-order valence-corrected chi connectivity index (χ3v) is 3.23. The third-order valence-electron chi connectivity index (χ3n) is 2.81. The van der Waals surface area contributed by atoms with Crippen LogP contribution in [0.15, 0.2) is 21.2 Å². The van der Waals surface area contributed by atoms with E-state index in [-0.39, 0.29) is 12.8 Å². The van der Waals surface area contributed by atoms with E-state index >= 15 is 0 Å². The Hall–Kier alpha value is -0.490. The molecule has 0 aromatic carbocycles. The quantitative estimate of drug-likeness (QED) is 0.918. The van der Waals surface area contributed by atoms with Gasteiger partial charge in [0.15, 0.2) is 4.67 Å². The summed E-state index contributed by atoms with van der Waals surface area (Å²) in [6.07, 6.45) is -3.91. The van der Waals surface area contributed by atoms with Crippen molar-refractivity contribution < 1.29 is 17.6 Å². The van der Waals surface area contributed by atoms with Crippen molar-refractivity contribution in [2.45, 2.75) is 37.5 Å². The third kappa shape index (κ3) is 2.13. The van der Waals surface area contributed by atoms with Gasteiger partial charge in [-0.1, -0.05) is 0 Å². The van der Waals surface area contributed by atoms with Crippen molar-refractivity contribution in [3.8, 4) is 0 Å². The lowest BCUT2D eigenvalue weighted by atomic mass is 10.2. The summed E-state index contributed by atoms with van der Waals surface area (Å²) in [6, 6.07) is 2.88. The van der Waals surface area contributed by atoms with Crippen LogP contribution < -0.4 is 5.32 Å². The zero-order chi connectivity index (χ0) is 12.0. The van der Waals surface area contributed by atoms with E-state index in [1.54, 1.807) is 19.1 Å². The summed E-state index contributed by atoms with van der Waals surface area (Å²) >= 11 is 3.12. The van der Waals surface area contributed by atoms with Gasteiger partial charge >= 0.3 is 6.18 Å². The Morgan fingerprint density at radius 3 is 2.44 bits per heavy atom. The molecule has 0 saturated heterocycles. The van der Waals surface area contributed by atoms with Crippen molar-refractivity contribution in [3.63, 3.8) is 0 Å².